The summed E-state index contributed by atoms with van der Waals surface area (Å²) in [5, 5.41) is 2.91. The summed E-state index contributed by atoms with van der Waals surface area (Å²) in [6.07, 6.45) is 2.49. The standard InChI is InChI=1S/C18H27N3O2/c1-13-9-14(2)11-16(10-13)18(23)21-8-3-5-15(12-21)17(22)20-7-4-6-19/h9-11,15H,3-8,12,19H2,1-2H3,(H,20,22). The molecule has 5 nitrogen and oxygen atoms in total. The van der Waals surface area contributed by atoms with E-state index in [4.69, 9.17) is 5.73 Å². The minimum Gasteiger partial charge on any atom is -0.356 e. The van der Waals surface area contributed by atoms with Crippen LogP contribution >= 0.6 is 0 Å². The Kier molecular flexibility index (Phi) is 6.16. The monoisotopic (exact) mass is 317 g/mol. The number of nitrogens with zero attached hydrogens (tertiary/aromatic N) is 1. The highest BCUT2D eigenvalue weighted by Crippen LogP contribution is 2.20. The molecule has 1 fully saturated rings. The predicted molar refractivity (Wildman–Crippen MR) is 91.2 cm³/mol. The van der Waals surface area contributed by atoms with Gasteiger partial charge in [-0.3, -0.25) is 9.59 Å². The topological polar surface area (TPSA) is 75.4 Å². The normalized spacial score (nSPS) is 17.9. The number of likely N-dealkylation sites (tertiary alicyclic amines) is 1. The average Bonchev–Trinajstić information content (AvgIpc) is 2.53. The number of carbonyl (C=O) groups is 2. The van der Waals surface area contributed by atoms with Crippen LogP contribution in [0.1, 0.15) is 40.7 Å². The highest BCUT2D eigenvalue weighted by molar-refractivity contribution is 5.95. The van der Waals surface area contributed by atoms with Gasteiger partial charge in [0.1, 0.15) is 0 Å². The van der Waals surface area contributed by atoms with Crippen LogP contribution in [0.25, 0.3) is 0 Å². The summed E-state index contributed by atoms with van der Waals surface area (Å²) in [4.78, 5) is 26.7. The van der Waals surface area contributed by atoms with Crippen LogP contribution in [0.15, 0.2) is 18.2 Å². The van der Waals surface area contributed by atoms with Crippen LogP contribution in [0.5, 0.6) is 0 Å². The third-order valence-corrected chi connectivity index (χ3v) is 4.23. The quantitative estimate of drug-likeness (QED) is 0.810. The van der Waals surface area contributed by atoms with Crippen molar-refractivity contribution in [2.75, 3.05) is 26.2 Å². The fourth-order valence-electron chi connectivity index (χ4n) is 3.11. The molecule has 1 atom stereocenters. The molecular formula is C18H27N3O2. The molecule has 1 aromatic carbocycles. The van der Waals surface area contributed by atoms with Crippen LogP contribution < -0.4 is 11.1 Å². The molecule has 0 spiro atoms. The molecule has 0 saturated carbocycles. The second-order valence-corrected chi connectivity index (χ2v) is 6.40. The second-order valence-electron chi connectivity index (χ2n) is 6.40. The Bertz CT molecular complexity index is 551. The highest BCUT2D eigenvalue weighted by atomic mass is 16.2. The van der Waals surface area contributed by atoms with Gasteiger partial charge in [0.25, 0.3) is 5.91 Å². The van der Waals surface area contributed by atoms with E-state index in [-0.39, 0.29) is 17.7 Å². The average molecular weight is 317 g/mol. The molecule has 1 aliphatic rings. The summed E-state index contributed by atoms with van der Waals surface area (Å²) in [6, 6.07) is 5.89. The van der Waals surface area contributed by atoms with Crippen molar-refractivity contribution in [3.05, 3.63) is 34.9 Å². The van der Waals surface area contributed by atoms with Crippen LogP contribution in [0.4, 0.5) is 0 Å². The lowest BCUT2D eigenvalue weighted by Crippen LogP contribution is -2.45. The predicted octanol–water partition coefficient (Wildman–Crippen LogP) is 1.62. The van der Waals surface area contributed by atoms with Gasteiger partial charge in [-0.1, -0.05) is 17.2 Å². The van der Waals surface area contributed by atoms with Gasteiger partial charge < -0.3 is 16.0 Å². The molecule has 23 heavy (non-hydrogen) atoms. The van der Waals surface area contributed by atoms with Crippen LogP contribution in [0, 0.1) is 19.8 Å². The van der Waals surface area contributed by atoms with Gasteiger partial charge in [0, 0.05) is 25.2 Å². The van der Waals surface area contributed by atoms with E-state index in [9.17, 15) is 9.59 Å². The molecule has 126 valence electrons. The van der Waals surface area contributed by atoms with E-state index in [2.05, 4.69) is 11.4 Å². The molecule has 0 aromatic heterocycles. The van der Waals surface area contributed by atoms with Crippen molar-refractivity contribution in [1.82, 2.24) is 10.2 Å². The number of carbonyl (C=O) groups excluding carboxylic acids is 2. The first-order valence-corrected chi connectivity index (χ1v) is 8.36. The van der Waals surface area contributed by atoms with Gasteiger partial charge in [0.05, 0.1) is 5.92 Å². The lowest BCUT2D eigenvalue weighted by Gasteiger charge is -2.32. The number of hydrogen-bond acceptors (Lipinski definition) is 3. The van der Waals surface area contributed by atoms with E-state index in [0.29, 0.717) is 25.2 Å². The molecule has 1 saturated heterocycles. The molecule has 1 unspecified atom stereocenters. The van der Waals surface area contributed by atoms with E-state index in [0.717, 1.165) is 36.9 Å². The molecule has 0 bridgehead atoms. The molecule has 1 aromatic rings. The Morgan fingerprint density at radius 2 is 1.96 bits per heavy atom. The van der Waals surface area contributed by atoms with E-state index in [1.807, 2.05) is 30.9 Å². The number of hydrogen-bond donors (Lipinski definition) is 2. The van der Waals surface area contributed by atoms with Crippen LogP contribution in [0.2, 0.25) is 0 Å². The third-order valence-electron chi connectivity index (χ3n) is 4.23. The molecule has 0 radical (unpaired) electrons. The summed E-state index contributed by atoms with van der Waals surface area (Å²) in [5.41, 5.74) is 8.32. The minimum atomic E-state index is -0.114. The zero-order chi connectivity index (χ0) is 16.8. The summed E-state index contributed by atoms with van der Waals surface area (Å²) >= 11 is 0. The summed E-state index contributed by atoms with van der Waals surface area (Å²) < 4.78 is 0. The summed E-state index contributed by atoms with van der Waals surface area (Å²) in [6.45, 7) is 6.39. The van der Waals surface area contributed by atoms with Crippen LogP contribution in [-0.4, -0.2) is 42.9 Å². The molecule has 2 amide bonds. The first kappa shape index (κ1) is 17.5. The van der Waals surface area contributed by atoms with Gasteiger partial charge in [-0.25, -0.2) is 0 Å². The summed E-state index contributed by atoms with van der Waals surface area (Å²) in [5.74, 6) is -0.0518. The Morgan fingerprint density at radius 3 is 2.61 bits per heavy atom. The van der Waals surface area contributed by atoms with Crippen LogP contribution in [0.3, 0.4) is 0 Å². The van der Waals surface area contributed by atoms with Gasteiger partial charge in [-0.2, -0.15) is 0 Å². The fourth-order valence-corrected chi connectivity index (χ4v) is 3.11. The van der Waals surface area contributed by atoms with Crippen molar-refractivity contribution in [3.8, 4) is 0 Å². The van der Waals surface area contributed by atoms with Crippen molar-refractivity contribution >= 4 is 11.8 Å². The van der Waals surface area contributed by atoms with E-state index < -0.39 is 0 Å². The van der Waals surface area contributed by atoms with E-state index >= 15 is 0 Å². The zero-order valence-corrected chi connectivity index (χ0v) is 14.1. The Balaban J connectivity index is 1.99. The molecule has 2 rings (SSSR count). The second kappa shape index (κ2) is 8.11. The van der Waals surface area contributed by atoms with Crippen molar-refractivity contribution in [1.29, 1.82) is 0 Å². The van der Waals surface area contributed by atoms with Gasteiger partial charge in [0.15, 0.2) is 0 Å². The van der Waals surface area contributed by atoms with Gasteiger partial charge in [-0.15, -0.1) is 0 Å². The molecular weight excluding hydrogens is 290 g/mol. The third kappa shape index (κ3) is 4.79. The fraction of sp³-hybridized carbons (Fsp3) is 0.556. The molecule has 0 aliphatic carbocycles. The number of nitrogens with two attached hydrogens (primary N) is 1. The van der Waals surface area contributed by atoms with Crippen molar-refractivity contribution < 1.29 is 9.59 Å². The summed E-state index contributed by atoms with van der Waals surface area (Å²) in [7, 11) is 0. The maximum atomic E-state index is 12.7. The van der Waals surface area contributed by atoms with Gasteiger partial charge in [0.2, 0.25) is 5.91 Å². The largest absolute Gasteiger partial charge is 0.356 e. The first-order chi connectivity index (χ1) is 11.0. The number of amides is 2. The van der Waals surface area contributed by atoms with Crippen LogP contribution in [-0.2, 0) is 4.79 Å². The molecule has 1 aliphatic heterocycles. The maximum Gasteiger partial charge on any atom is 0.253 e. The minimum absolute atomic E-state index is 0.0243. The SMILES string of the molecule is Cc1cc(C)cc(C(=O)N2CCCC(C(=O)NCCCN)C2)c1. The van der Waals surface area contributed by atoms with Crippen molar-refractivity contribution in [2.45, 2.75) is 33.1 Å². The highest BCUT2D eigenvalue weighted by Gasteiger charge is 2.28. The Hall–Kier alpha value is -1.88. The number of nitrogens with one attached hydrogen (secondary N) is 1. The number of aryl methyl sites for hydroxylation is 2. The first-order valence-electron chi connectivity index (χ1n) is 8.36. The van der Waals surface area contributed by atoms with Crippen molar-refractivity contribution in [3.63, 3.8) is 0 Å². The van der Waals surface area contributed by atoms with E-state index in [1.54, 1.807) is 0 Å². The number of benzene rings is 1. The molecule has 5 heteroatoms. The van der Waals surface area contributed by atoms with Gasteiger partial charge in [-0.05, 0) is 51.8 Å². The Morgan fingerprint density at radius 1 is 1.26 bits per heavy atom. The van der Waals surface area contributed by atoms with E-state index in [1.165, 1.54) is 0 Å². The molecule has 1 heterocycles. The van der Waals surface area contributed by atoms with Gasteiger partial charge >= 0.3 is 0 Å². The maximum absolute atomic E-state index is 12.7. The zero-order valence-electron chi connectivity index (χ0n) is 14.1. The lowest BCUT2D eigenvalue weighted by molar-refractivity contribution is -0.126. The smallest absolute Gasteiger partial charge is 0.253 e. The number of piperidine rings is 1. The molecule has 3 N–H and O–H groups in total. The number of rotatable bonds is 5. The Labute approximate surface area is 138 Å². The lowest BCUT2D eigenvalue weighted by atomic mass is 9.96. The van der Waals surface area contributed by atoms with Crippen molar-refractivity contribution in [2.24, 2.45) is 11.7 Å².